The van der Waals surface area contributed by atoms with E-state index in [0.29, 0.717) is 23.7 Å². The van der Waals surface area contributed by atoms with Crippen LogP contribution in [0.2, 0.25) is 5.02 Å². The molecular formula is C17H18ClNO2. The van der Waals surface area contributed by atoms with Crippen LogP contribution in [0.5, 0.6) is 5.75 Å². The summed E-state index contributed by atoms with van der Waals surface area (Å²) in [5.74, 6) is 0.765. The van der Waals surface area contributed by atoms with Crippen molar-refractivity contribution in [2.45, 2.75) is 13.3 Å². The van der Waals surface area contributed by atoms with Crippen LogP contribution in [-0.4, -0.2) is 19.1 Å². The highest BCUT2D eigenvalue weighted by Gasteiger charge is 2.04. The summed E-state index contributed by atoms with van der Waals surface area (Å²) in [5.41, 5.74) is 1.78. The van der Waals surface area contributed by atoms with Crippen LogP contribution in [0.3, 0.4) is 0 Å². The first-order valence-corrected chi connectivity index (χ1v) is 7.26. The molecule has 0 aliphatic carbocycles. The third-order valence-electron chi connectivity index (χ3n) is 2.97. The summed E-state index contributed by atoms with van der Waals surface area (Å²) < 4.78 is 5.62. The Labute approximate surface area is 129 Å². The van der Waals surface area contributed by atoms with Crippen molar-refractivity contribution in [2.75, 3.05) is 13.2 Å². The average Bonchev–Trinajstić information content (AvgIpc) is 2.47. The van der Waals surface area contributed by atoms with Crippen LogP contribution in [0.25, 0.3) is 0 Å². The second-order valence-electron chi connectivity index (χ2n) is 4.78. The predicted molar refractivity (Wildman–Crippen MR) is 85.1 cm³/mol. The molecule has 1 amide bonds. The molecule has 0 saturated heterocycles. The first kappa shape index (κ1) is 15.4. The Kier molecular flexibility index (Phi) is 5.64. The van der Waals surface area contributed by atoms with E-state index in [9.17, 15) is 4.79 Å². The van der Waals surface area contributed by atoms with E-state index in [0.717, 1.165) is 12.2 Å². The Hall–Kier alpha value is -2.00. The van der Waals surface area contributed by atoms with Gasteiger partial charge in [-0.3, -0.25) is 4.79 Å². The van der Waals surface area contributed by atoms with E-state index < -0.39 is 0 Å². The summed E-state index contributed by atoms with van der Waals surface area (Å²) in [6, 6.07) is 14.7. The number of amides is 1. The lowest BCUT2D eigenvalue weighted by atomic mass is 10.2. The van der Waals surface area contributed by atoms with E-state index in [1.54, 1.807) is 24.3 Å². The van der Waals surface area contributed by atoms with Crippen molar-refractivity contribution in [3.8, 4) is 5.75 Å². The molecule has 0 spiro atoms. The van der Waals surface area contributed by atoms with Crippen LogP contribution in [0, 0.1) is 6.92 Å². The number of rotatable bonds is 6. The first-order chi connectivity index (χ1) is 10.1. The molecule has 0 unspecified atom stereocenters. The van der Waals surface area contributed by atoms with Crippen LogP contribution in [0.1, 0.15) is 22.3 Å². The Morgan fingerprint density at radius 1 is 1.19 bits per heavy atom. The molecule has 0 fully saturated rings. The van der Waals surface area contributed by atoms with E-state index in [1.807, 2.05) is 31.2 Å². The second kappa shape index (κ2) is 7.70. The van der Waals surface area contributed by atoms with E-state index in [-0.39, 0.29) is 5.91 Å². The molecule has 2 aromatic rings. The molecule has 0 atom stereocenters. The molecule has 3 nitrogen and oxygen atoms in total. The molecule has 2 rings (SSSR count). The lowest BCUT2D eigenvalue weighted by molar-refractivity contribution is 0.0951. The average molecular weight is 304 g/mol. The number of ether oxygens (including phenoxy) is 1. The van der Waals surface area contributed by atoms with Crippen molar-refractivity contribution < 1.29 is 9.53 Å². The number of hydrogen-bond donors (Lipinski definition) is 1. The molecule has 21 heavy (non-hydrogen) atoms. The third-order valence-corrected chi connectivity index (χ3v) is 3.22. The first-order valence-electron chi connectivity index (χ1n) is 6.88. The smallest absolute Gasteiger partial charge is 0.251 e. The van der Waals surface area contributed by atoms with Crippen molar-refractivity contribution in [3.63, 3.8) is 0 Å². The van der Waals surface area contributed by atoms with Gasteiger partial charge in [-0.05, 0) is 55.3 Å². The Bertz CT molecular complexity index is 596. The molecule has 2 aromatic carbocycles. The zero-order valence-corrected chi connectivity index (χ0v) is 12.7. The summed E-state index contributed by atoms with van der Waals surface area (Å²) in [6.07, 6.45) is 0.757. The van der Waals surface area contributed by atoms with Gasteiger partial charge in [-0.15, -0.1) is 0 Å². The number of nitrogens with one attached hydrogen (secondary N) is 1. The molecule has 0 aliphatic heterocycles. The molecule has 4 heteroatoms. The molecule has 0 radical (unpaired) electrons. The molecule has 0 aromatic heterocycles. The van der Waals surface area contributed by atoms with Crippen LogP contribution in [0.15, 0.2) is 48.5 Å². The highest BCUT2D eigenvalue weighted by atomic mass is 35.5. The van der Waals surface area contributed by atoms with Crippen molar-refractivity contribution in [1.82, 2.24) is 5.32 Å². The fraction of sp³-hybridized carbons (Fsp3) is 0.235. The van der Waals surface area contributed by atoms with Crippen molar-refractivity contribution in [1.29, 1.82) is 0 Å². The van der Waals surface area contributed by atoms with Gasteiger partial charge in [0.1, 0.15) is 5.75 Å². The van der Waals surface area contributed by atoms with Gasteiger partial charge in [0.15, 0.2) is 0 Å². The van der Waals surface area contributed by atoms with Crippen LogP contribution in [-0.2, 0) is 0 Å². The molecule has 0 aliphatic rings. The number of aryl methyl sites for hydroxylation is 1. The highest BCUT2D eigenvalue weighted by Crippen LogP contribution is 2.12. The van der Waals surface area contributed by atoms with Gasteiger partial charge in [-0.25, -0.2) is 0 Å². The topological polar surface area (TPSA) is 38.3 Å². The Morgan fingerprint density at radius 2 is 1.95 bits per heavy atom. The lowest BCUT2D eigenvalue weighted by Crippen LogP contribution is -2.25. The minimum absolute atomic E-state index is 0.0952. The normalized spacial score (nSPS) is 10.2. The molecule has 0 heterocycles. The third kappa shape index (κ3) is 5.12. The summed E-state index contributed by atoms with van der Waals surface area (Å²) in [4.78, 5) is 11.8. The highest BCUT2D eigenvalue weighted by molar-refractivity contribution is 6.30. The van der Waals surface area contributed by atoms with Crippen LogP contribution >= 0.6 is 11.6 Å². The van der Waals surface area contributed by atoms with Gasteiger partial charge in [0.2, 0.25) is 0 Å². The maximum absolute atomic E-state index is 11.8. The van der Waals surface area contributed by atoms with Gasteiger partial charge in [0.25, 0.3) is 5.91 Å². The summed E-state index contributed by atoms with van der Waals surface area (Å²) in [6.45, 7) is 3.18. The van der Waals surface area contributed by atoms with Gasteiger partial charge in [-0.1, -0.05) is 23.7 Å². The van der Waals surface area contributed by atoms with Crippen molar-refractivity contribution >= 4 is 17.5 Å². The maximum atomic E-state index is 11.8. The van der Waals surface area contributed by atoms with Crippen molar-refractivity contribution in [3.05, 3.63) is 64.7 Å². The fourth-order valence-electron chi connectivity index (χ4n) is 1.87. The number of halogens is 1. The van der Waals surface area contributed by atoms with E-state index in [4.69, 9.17) is 16.3 Å². The zero-order chi connectivity index (χ0) is 15.1. The van der Waals surface area contributed by atoms with Gasteiger partial charge in [0.05, 0.1) is 6.61 Å². The Morgan fingerprint density at radius 3 is 2.67 bits per heavy atom. The number of carbonyl (C=O) groups is 1. The summed E-state index contributed by atoms with van der Waals surface area (Å²) >= 11 is 5.78. The molecule has 0 bridgehead atoms. The van der Waals surface area contributed by atoms with Gasteiger partial charge >= 0.3 is 0 Å². The van der Waals surface area contributed by atoms with Crippen molar-refractivity contribution in [2.24, 2.45) is 0 Å². The largest absolute Gasteiger partial charge is 0.494 e. The van der Waals surface area contributed by atoms with E-state index >= 15 is 0 Å². The lowest BCUT2D eigenvalue weighted by Gasteiger charge is -2.08. The molecular weight excluding hydrogens is 286 g/mol. The predicted octanol–water partition coefficient (Wildman–Crippen LogP) is 3.85. The quantitative estimate of drug-likeness (QED) is 0.823. The minimum atomic E-state index is -0.0952. The molecule has 1 N–H and O–H groups in total. The summed E-state index contributed by atoms with van der Waals surface area (Å²) in [7, 11) is 0. The van der Waals surface area contributed by atoms with Gasteiger partial charge < -0.3 is 10.1 Å². The second-order valence-corrected chi connectivity index (χ2v) is 5.22. The molecule has 110 valence electrons. The van der Waals surface area contributed by atoms with Crippen LogP contribution < -0.4 is 10.1 Å². The van der Waals surface area contributed by atoms with Gasteiger partial charge in [0, 0.05) is 17.1 Å². The SMILES string of the molecule is Cc1cccc(OCCCNC(=O)c2ccc(Cl)cc2)c1. The van der Waals surface area contributed by atoms with Gasteiger partial charge in [-0.2, -0.15) is 0 Å². The molecule has 0 saturated carbocycles. The fourth-order valence-corrected chi connectivity index (χ4v) is 2.00. The Balaban J connectivity index is 1.68. The summed E-state index contributed by atoms with van der Waals surface area (Å²) in [5, 5.41) is 3.48. The maximum Gasteiger partial charge on any atom is 0.251 e. The zero-order valence-electron chi connectivity index (χ0n) is 11.9. The number of benzene rings is 2. The minimum Gasteiger partial charge on any atom is -0.494 e. The number of hydrogen-bond acceptors (Lipinski definition) is 2. The standard InChI is InChI=1S/C17H18ClNO2/c1-13-4-2-5-16(12-13)21-11-3-10-19-17(20)14-6-8-15(18)9-7-14/h2,4-9,12H,3,10-11H2,1H3,(H,19,20). The van der Waals surface area contributed by atoms with Crippen LogP contribution in [0.4, 0.5) is 0 Å². The van der Waals surface area contributed by atoms with E-state index in [1.165, 1.54) is 5.56 Å². The number of carbonyl (C=O) groups excluding carboxylic acids is 1. The monoisotopic (exact) mass is 303 g/mol. The van der Waals surface area contributed by atoms with E-state index in [2.05, 4.69) is 5.32 Å².